The number of rotatable bonds is 2. The Balaban J connectivity index is 0.000000149. The van der Waals surface area contributed by atoms with Gasteiger partial charge in [0.2, 0.25) is 0 Å². The molecule has 0 saturated carbocycles. The molecule has 4 aromatic heterocycles. The number of aromatic nitrogens is 4. The molecule has 0 unspecified atom stereocenters. The summed E-state index contributed by atoms with van der Waals surface area (Å²) >= 11 is 6.68. The first-order valence-electron chi connectivity index (χ1n) is 7.33. The fourth-order valence-corrected chi connectivity index (χ4v) is 2.99. The minimum atomic E-state index is 0.135. The van der Waals surface area contributed by atoms with Crippen LogP contribution in [0.5, 0.6) is 0 Å². The van der Waals surface area contributed by atoms with Gasteiger partial charge < -0.3 is 9.97 Å². The number of hydrogen-bond donors (Lipinski definition) is 2. The van der Waals surface area contributed by atoms with Crippen LogP contribution in [-0.2, 0) is 0 Å². The van der Waals surface area contributed by atoms with E-state index in [1.54, 1.807) is 18.6 Å². The van der Waals surface area contributed by atoms with Gasteiger partial charge in [0.05, 0.1) is 0 Å². The highest BCUT2D eigenvalue weighted by molar-refractivity contribution is 9.10. The molecule has 0 amide bonds. The van der Waals surface area contributed by atoms with E-state index in [9.17, 15) is 4.79 Å². The summed E-state index contributed by atoms with van der Waals surface area (Å²) in [4.78, 5) is 25.8. The number of fused-ring (bicyclic) bond motifs is 2. The van der Waals surface area contributed by atoms with E-state index >= 15 is 0 Å². The maximum atomic E-state index is 11.5. The zero-order valence-corrected chi connectivity index (χ0v) is 16.0. The Labute approximate surface area is 155 Å². The van der Waals surface area contributed by atoms with E-state index in [0.29, 0.717) is 6.42 Å². The summed E-state index contributed by atoms with van der Waals surface area (Å²) in [6.07, 6.45) is 7.59. The van der Waals surface area contributed by atoms with Crippen molar-refractivity contribution in [1.82, 2.24) is 19.9 Å². The Morgan fingerprint density at radius 1 is 1.08 bits per heavy atom. The molecule has 0 aliphatic rings. The summed E-state index contributed by atoms with van der Waals surface area (Å²) in [6.45, 7) is 1.85. The molecule has 4 rings (SSSR count). The third-order valence-electron chi connectivity index (χ3n) is 3.49. The predicted molar refractivity (Wildman–Crippen MR) is 102 cm³/mol. The molecule has 7 heteroatoms. The first kappa shape index (κ1) is 16.9. The quantitative estimate of drug-likeness (QED) is 0.410. The van der Waals surface area contributed by atoms with Crippen molar-refractivity contribution in [2.24, 2.45) is 0 Å². The molecule has 5 nitrogen and oxygen atoms in total. The van der Waals surface area contributed by atoms with Crippen LogP contribution in [-0.4, -0.2) is 25.7 Å². The number of halogens is 2. The summed E-state index contributed by atoms with van der Waals surface area (Å²) in [5.41, 5.74) is 2.41. The van der Waals surface area contributed by atoms with Gasteiger partial charge in [-0.1, -0.05) is 6.92 Å². The summed E-state index contributed by atoms with van der Waals surface area (Å²) in [7, 11) is 0. The summed E-state index contributed by atoms with van der Waals surface area (Å²) in [5.74, 6) is 0.135. The molecular formula is C17H14Br2N4O. The number of carbonyl (C=O) groups is 1. The predicted octanol–water partition coefficient (Wildman–Crippen LogP) is 5.24. The van der Waals surface area contributed by atoms with Gasteiger partial charge in [-0.25, -0.2) is 9.97 Å². The highest BCUT2D eigenvalue weighted by Crippen LogP contribution is 2.21. The smallest absolute Gasteiger partial charge is 0.164 e. The number of Topliss-reactive ketones (excluding diaryl/α,β-unsaturated/α-hetero) is 1. The number of hydrogen-bond acceptors (Lipinski definition) is 3. The van der Waals surface area contributed by atoms with Crippen LogP contribution in [0, 0.1) is 0 Å². The topological polar surface area (TPSA) is 74.4 Å². The van der Waals surface area contributed by atoms with E-state index in [4.69, 9.17) is 0 Å². The van der Waals surface area contributed by atoms with Gasteiger partial charge in [0.15, 0.2) is 5.78 Å². The Morgan fingerprint density at radius 3 is 2.54 bits per heavy atom. The van der Waals surface area contributed by atoms with Crippen molar-refractivity contribution < 1.29 is 4.79 Å². The first-order valence-corrected chi connectivity index (χ1v) is 8.91. The Hall–Kier alpha value is -1.99. The van der Waals surface area contributed by atoms with Crippen molar-refractivity contribution in [3.8, 4) is 0 Å². The monoisotopic (exact) mass is 448 g/mol. The number of nitrogens with zero attached hydrogens (tertiary/aromatic N) is 2. The molecule has 0 bridgehead atoms. The van der Waals surface area contributed by atoms with Gasteiger partial charge >= 0.3 is 0 Å². The van der Waals surface area contributed by atoms with Crippen LogP contribution in [0.1, 0.15) is 23.7 Å². The normalized spacial score (nSPS) is 10.6. The van der Waals surface area contributed by atoms with Gasteiger partial charge in [-0.3, -0.25) is 4.79 Å². The molecule has 0 atom stereocenters. The second-order valence-electron chi connectivity index (χ2n) is 5.10. The molecule has 4 aromatic rings. The lowest BCUT2D eigenvalue weighted by atomic mass is 10.1. The van der Waals surface area contributed by atoms with E-state index in [2.05, 4.69) is 51.8 Å². The third kappa shape index (κ3) is 3.57. The molecule has 122 valence electrons. The first-order chi connectivity index (χ1) is 11.6. The molecule has 0 aromatic carbocycles. The minimum absolute atomic E-state index is 0.135. The van der Waals surface area contributed by atoms with Crippen molar-refractivity contribution in [1.29, 1.82) is 0 Å². The maximum absolute atomic E-state index is 11.5. The van der Waals surface area contributed by atoms with Crippen LogP contribution in [0.15, 0.2) is 51.9 Å². The second kappa shape index (κ2) is 7.27. The summed E-state index contributed by atoms with van der Waals surface area (Å²) in [6, 6.07) is 5.92. The van der Waals surface area contributed by atoms with Gasteiger partial charge in [0.25, 0.3) is 0 Å². The zero-order valence-electron chi connectivity index (χ0n) is 12.8. The maximum Gasteiger partial charge on any atom is 0.164 e. The number of aromatic amines is 2. The van der Waals surface area contributed by atoms with Gasteiger partial charge in [-0.15, -0.1) is 0 Å². The summed E-state index contributed by atoms with van der Waals surface area (Å²) in [5, 5.41) is 2.01. The van der Waals surface area contributed by atoms with E-state index < -0.39 is 0 Å². The number of H-pyrrole nitrogens is 2. The van der Waals surface area contributed by atoms with Gasteiger partial charge in [-0.2, -0.15) is 0 Å². The molecule has 0 aliphatic heterocycles. The van der Waals surface area contributed by atoms with Crippen molar-refractivity contribution in [2.75, 3.05) is 0 Å². The average molecular weight is 450 g/mol. The summed E-state index contributed by atoms with van der Waals surface area (Å²) < 4.78 is 1.90. The number of carbonyl (C=O) groups excluding carboxylic acids is 1. The standard InChI is InChI=1S/C10H9BrN2O.C7H5BrN2/c1-2-9(14)8-5-13-10-7(8)3-6(11)4-12-10;8-6-3-5-1-2-9-7(5)10-4-6/h3-5H,2H2,1H3,(H,12,13);1-4H,(H,9,10). The Bertz CT molecular complexity index is 1010. The zero-order chi connectivity index (χ0) is 17.1. The average Bonchev–Trinajstić information content (AvgIpc) is 3.20. The van der Waals surface area contributed by atoms with Gasteiger partial charge in [0, 0.05) is 56.5 Å². The van der Waals surface area contributed by atoms with Crippen molar-refractivity contribution in [2.45, 2.75) is 13.3 Å². The van der Waals surface area contributed by atoms with Gasteiger partial charge in [-0.05, 0) is 50.1 Å². The van der Waals surface area contributed by atoms with Crippen LogP contribution in [0.2, 0.25) is 0 Å². The minimum Gasteiger partial charge on any atom is -0.346 e. The molecule has 0 spiro atoms. The van der Waals surface area contributed by atoms with Crippen LogP contribution in [0.3, 0.4) is 0 Å². The van der Waals surface area contributed by atoms with Crippen molar-refractivity contribution >= 4 is 59.7 Å². The lowest BCUT2D eigenvalue weighted by molar-refractivity contribution is 0.0990. The van der Waals surface area contributed by atoms with Crippen LogP contribution in [0.25, 0.3) is 22.1 Å². The fourth-order valence-electron chi connectivity index (χ4n) is 2.31. The second-order valence-corrected chi connectivity index (χ2v) is 6.93. The molecule has 24 heavy (non-hydrogen) atoms. The molecule has 0 radical (unpaired) electrons. The van der Waals surface area contributed by atoms with Crippen molar-refractivity contribution in [3.05, 3.63) is 57.5 Å². The SMILES string of the molecule is Brc1cnc2[nH]ccc2c1.CCC(=O)c1c[nH]c2ncc(Br)cc12. The number of ketones is 1. The molecule has 2 N–H and O–H groups in total. The number of pyridine rings is 2. The van der Waals surface area contributed by atoms with E-state index in [1.165, 1.54) is 0 Å². The number of nitrogens with one attached hydrogen (secondary N) is 2. The van der Waals surface area contributed by atoms with Crippen LogP contribution >= 0.6 is 31.9 Å². The lowest BCUT2D eigenvalue weighted by Gasteiger charge is -1.95. The van der Waals surface area contributed by atoms with Gasteiger partial charge in [0.1, 0.15) is 11.3 Å². The largest absolute Gasteiger partial charge is 0.346 e. The van der Waals surface area contributed by atoms with E-state index in [-0.39, 0.29) is 5.78 Å². The van der Waals surface area contributed by atoms with Crippen LogP contribution in [0.4, 0.5) is 0 Å². The lowest BCUT2D eigenvalue weighted by Crippen LogP contribution is -1.94. The molecule has 0 saturated heterocycles. The molecule has 0 aliphatic carbocycles. The molecular weight excluding hydrogens is 436 g/mol. The van der Waals surface area contributed by atoms with E-state index in [1.807, 2.05) is 31.3 Å². The molecule has 4 heterocycles. The molecule has 0 fully saturated rings. The highest BCUT2D eigenvalue weighted by Gasteiger charge is 2.10. The third-order valence-corrected chi connectivity index (χ3v) is 4.35. The van der Waals surface area contributed by atoms with Crippen molar-refractivity contribution in [3.63, 3.8) is 0 Å². The Kier molecular flexibility index (Phi) is 5.11. The van der Waals surface area contributed by atoms with Crippen LogP contribution < -0.4 is 0 Å². The highest BCUT2D eigenvalue weighted by atomic mass is 79.9. The Morgan fingerprint density at radius 2 is 1.79 bits per heavy atom. The fraction of sp³-hybridized carbons (Fsp3) is 0.118. The van der Waals surface area contributed by atoms with E-state index in [0.717, 1.165) is 36.6 Å².